The van der Waals surface area contributed by atoms with Gasteiger partial charge in [-0.1, -0.05) is 23.7 Å². The quantitative estimate of drug-likeness (QED) is 0.626. The largest absolute Gasteiger partial charge is 0.492 e. The van der Waals surface area contributed by atoms with Gasteiger partial charge in [0.15, 0.2) is 0 Å². The Labute approximate surface area is 128 Å². The molecule has 0 saturated heterocycles. The van der Waals surface area contributed by atoms with Crippen LogP contribution in [0.1, 0.15) is 0 Å². The van der Waals surface area contributed by atoms with Crippen molar-refractivity contribution in [2.45, 2.75) is 0 Å². The lowest BCUT2D eigenvalue weighted by Gasteiger charge is -2.09. The number of hydrogen-bond acceptors (Lipinski definition) is 5. The molecule has 3 N–H and O–H groups in total. The molecule has 8 heteroatoms. The first-order valence-corrected chi connectivity index (χ1v) is 8.09. The van der Waals surface area contributed by atoms with Gasteiger partial charge in [0.25, 0.3) is 0 Å². The zero-order valence-electron chi connectivity index (χ0n) is 11.0. The third-order valence-electron chi connectivity index (χ3n) is 2.45. The molecule has 21 heavy (non-hydrogen) atoms. The molecule has 0 spiro atoms. The lowest BCUT2D eigenvalue weighted by atomic mass is 10.3. The van der Waals surface area contributed by atoms with Crippen LogP contribution in [0.3, 0.4) is 0 Å². The van der Waals surface area contributed by atoms with E-state index >= 15 is 0 Å². The predicted octanol–water partition coefficient (Wildman–Crippen LogP) is 2.14. The summed E-state index contributed by atoms with van der Waals surface area (Å²) in [6, 6.07) is 11.5. The van der Waals surface area contributed by atoms with Gasteiger partial charge in [-0.05, 0) is 24.3 Å². The van der Waals surface area contributed by atoms with Crippen LogP contribution in [-0.2, 0) is 10.0 Å². The highest BCUT2D eigenvalue weighted by molar-refractivity contribution is 7.92. The van der Waals surface area contributed by atoms with Crippen molar-refractivity contribution in [1.29, 1.82) is 0 Å². The molecule has 0 aliphatic rings. The molecule has 0 unspecified atom stereocenters. The van der Waals surface area contributed by atoms with Crippen LogP contribution in [0.4, 0.5) is 11.5 Å². The number of aromatic nitrogens is 1. The van der Waals surface area contributed by atoms with Crippen molar-refractivity contribution < 1.29 is 13.2 Å². The number of hydrogen-bond donors (Lipinski definition) is 2. The zero-order valence-corrected chi connectivity index (χ0v) is 12.6. The minimum Gasteiger partial charge on any atom is -0.492 e. The summed E-state index contributed by atoms with van der Waals surface area (Å²) < 4.78 is 31.4. The first kappa shape index (κ1) is 15.4. The van der Waals surface area contributed by atoms with E-state index in [-0.39, 0.29) is 23.3 Å². The van der Waals surface area contributed by atoms with E-state index in [1.165, 1.54) is 6.07 Å². The van der Waals surface area contributed by atoms with Gasteiger partial charge in [-0.25, -0.2) is 13.4 Å². The number of halogens is 1. The van der Waals surface area contributed by atoms with Crippen LogP contribution >= 0.6 is 11.6 Å². The molecule has 0 amide bonds. The van der Waals surface area contributed by atoms with Crippen molar-refractivity contribution in [1.82, 2.24) is 4.98 Å². The molecule has 1 heterocycles. The van der Waals surface area contributed by atoms with Gasteiger partial charge in [-0.3, -0.25) is 4.72 Å². The Morgan fingerprint density at radius 3 is 2.71 bits per heavy atom. The van der Waals surface area contributed by atoms with Crippen molar-refractivity contribution in [3.8, 4) is 5.75 Å². The molecule has 2 rings (SSSR count). The van der Waals surface area contributed by atoms with E-state index in [4.69, 9.17) is 22.1 Å². The molecule has 0 saturated carbocycles. The Morgan fingerprint density at radius 2 is 2.00 bits per heavy atom. The van der Waals surface area contributed by atoms with E-state index < -0.39 is 10.0 Å². The summed E-state index contributed by atoms with van der Waals surface area (Å²) in [7, 11) is -3.56. The summed E-state index contributed by atoms with van der Waals surface area (Å²) in [6.07, 6.45) is 0. The normalized spacial score (nSPS) is 11.1. The van der Waals surface area contributed by atoms with Crippen LogP contribution in [0, 0.1) is 0 Å². The highest BCUT2D eigenvalue weighted by Gasteiger charge is 2.11. The summed E-state index contributed by atoms with van der Waals surface area (Å²) >= 11 is 5.69. The fraction of sp³-hybridized carbons (Fsp3) is 0.154. The second kappa shape index (κ2) is 6.64. The van der Waals surface area contributed by atoms with Gasteiger partial charge in [-0.15, -0.1) is 0 Å². The maximum atomic E-state index is 11.9. The van der Waals surface area contributed by atoms with Crippen LogP contribution in [0.2, 0.25) is 5.15 Å². The Balaban J connectivity index is 1.90. The average molecular weight is 328 g/mol. The molecule has 0 aliphatic carbocycles. The van der Waals surface area contributed by atoms with E-state index in [0.717, 1.165) is 0 Å². The third kappa shape index (κ3) is 5.13. The van der Waals surface area contributed by atoms with Crippen molar-refractivity contribution in [3.05, 3.63) is 47.6 Å². The number of anilines is 2. The molecule has 0 bridgehead atoms. The molecule has 0 radical (unpaired) electrons. The SMILES string of the molecule is Nc1cccc(OCCS(=O)(=O)Nc2cccc(Cl)n2)c1. The molecular formula is C13H14ClN3O3S. The lowest BCUT2D eigenvalue weighted by Crippen LogP contribution is -2.21. The Bertz CT molecular complexity index is 722. The van der Waals surface area contributed by atoms with Crippen molar-refractivity contribution >= 4 is 33.1 Å². The molecule has 0 atom stereocenters. The number of benzene rings is 1. The molecule has 2 aromatic rings. The number of nitrogens with one attached hydrogen (secondary N) is 1. The van der Waals surface area contributed by atoms with E-state index in [0.29, 0.717) is 11.4 Å². The Hall–Kier alpha value is -1.99. The molecule has 1 aromatic carbocycles. The maximum absolute atomic E-state index is 11.9. The van der Waals surface area contributed by atoms with E-state index in [1.54, 1.807) is 36.4 Å². The van der Waals surface area contributed by atoms with Gasteiger partial charge in [-0.2, -0.15) is 0 Å². The Kier molecular flexibility index (Phi) is 4.87. The average Bonchev–Trinajstić information content (AvgIpc) is 2.38. The second-order valence-electron chi connectivity index (χ2n) is 4.19. The standard InChI is InChI=1S/C13H14ClN3O3S/c14-12-5-2-6-13(16-12)17-21(18,19)8-7-20-11-4-1-3-10(15)9-11/h1-6,9H,7-8,15H2,(H,16,17). The van der Waals surface area contributed by atoms with Gasteiger partial charge in [0.1, 0.15) is 29.1 Å². The molecule has 112 valence electrons. The van der Waals surface area contributed by atoms with Crippen LogP contribution in [0.25, 0.3) is 0 Å². The molecule has 1 aromatic heterocycles. The summed E-state index contributed by atoms with van der Waals surface area (Å²) in [5.41, 5.74) is 6.15. The van der Waals surface area contributed by atoms with Crippen molar-refractivity contribution in [3.63, 3.8) is 0 Å². The van der Waals surface area contributed by atoms with E-state index in [1.807, 2.05) is 0 Å². The van der Waals surface area contributed by atoms with Crippen LogP contribution in [0.5, 0.6) is 5.75 Å². The van der Waals surface area contributed by atoms with Gasteiger partial charge >= 0.3 is 0 Å². The monoisotopic (exact) mass is 327 g/mol. The van der Waals surface area contributed by atoms with Crippen molar-refractivity contribution in [2.24, 2.45) is 0 Å². The Morgan fingerprint density at radius 1 is 1.24 bits per heavy atom. The van der Waals surface area contributed by atoms with Crippen LogP contribution in [0.15, 0.2) is 42.5 Å². The summed E-state index contributed by atoms with van der Waals surface area (Å²) in [5.74, 6) is 0.480. The molecular weight excluding hydrogens is 314 g/mol. The summed E-state index contributed by atoms with van der Waals surface area (Å²) in [5, 5.41) is 0.214. The number of sulfonamides is 1. The molecule has 0 aliphatic heterocycles. The first-order chi connectivity index (χ1) is 9.94. The van der Waals surface area contributed by atoms with Gasteiger partial charge in [0.2, 0.25) is 10.0 Å². The fourth-order valence-electron chi connectivity index (χ4n) is 1.55. The lowest BCUT2D eigenvalue weighted by molar-refractivity contribution is 0.341. The van der Waals surface area contributed by atoms with Crippen LogP contribution in [-0.4, -0.2) is 25.8 Å². The number of pyridine rings is 1. The van der Waals surface area contributed by atoms with Crippen LogP contribution < -0.4 is 15.2 Å². The van der Waals surface area contributed by atoms with Gasteiger partial charge in [0.05, 0.1) is 0 Å². The fourth-order valence-corrected chi connectivity index (χ4v) is 2.55. The third-order valence-corrected chi connectivity index (χ3v) is 3.89. The molecule has 6 nitrogen and oxygen atoms in total. The molecule has 0 fully saturated rings. The number of nitrogens with two attached hydrogens (primary N) is 1. The maximum Gasteiger partial charge on any atom is 0.237 e. The number of ether oxygens (including phenoxy) is 1. The number of nitrogen functional groups attached to an aromatic ring is 1. The highest BCUT2D eigenvalue weighted by Crippen LogP contribution is 2.15. The topological polar surface area (TPSA) is 94.3 Å². The zero-order chi connectivity index (χ0) is 15.3. The van der Waals surface area contributed by atoms with Gasteiger partial charge < -0.3 is 10.5 Å². The van der Waals surface area contributed by atoms with Crippen molar-refractivity contribution in [2.75, 3.05) is 22.8 Å². The minimum absolute atomic E-state index is 0.000642. The summed E-state index contributed by atoms with van der Waals surface area (Å²) in [4.78, 5) is 3.85. The second-order valence-corrected chi connectivity index (χ2v) is 6.42. The predicted molar refractivity (Wildman–Crippen MR) is 83.0 cm³/mol. The number of rotatable bonds is 6. The van der Waals surface area contributed by atoms with Gasteiger partial charge in [0, 0.05) is 11.8 Å². The van der Waals surface area contributed by atoms with E-state index in [2.05, 4.69) is 9.71 Å². The van der Waals surface area contributed by atoms with E-state index in [9.17, 15) is 8.42 Å². The minimum atomic E-state index is -3.56. The summed E-state index contributed by atoms with van der Waals surface area (Å²) in [6.45, 7) is -0.000642. The first-order valence-electron chi connectivity index (χ1n) is 6.06. The highest BCUT2D eigenvalue weighted by atomic mass is 35.5. The number of nitrogens with zero attached hydrogens (tertiary/aromatic N) is 1. The smallest absolute Gasteiger partial charge is 0.237 e.